The van der Waals surface area contributed by atoms with Crippen molar-refractivity contribution in [3.05, 3.63) is 18.4 Å². The summed E-state index contributed by atoms with van der Waals surface area (Å²) in [4.78, 5) is 3.76. The molecule has 1 atom stereocenters. The molecule has 4 heteroatoms. The Labute approximate surface area is 65.2 Å². The quantitative estimate of drug-likeness (QED) is 0.651. The first-order valence-electron chi connectivity index (χ1n) is 3.54. The lowest BCUT2D eigenvalue weighted by atomic mass is 10.3. The first kappa shape index (κ1) is 8.23. The maximum atomic E-state index is 8.65. The van der Waals surface area contributed by atoms with Crippen molar-refractivity contribution in [1.82, 2.24) is 10.3 Å². The second-order valence-corrected chi connectivity index (χ2v) is 2.43. The predicted octanol–water partition coefficient (Wildman–Crippen LogP) is 0.145. The van der Waals surface area contributed by atoms with Gasteiger partial charge in [-0.05, 0) is 6.92 Å². The Hall–Kier alpha value is -0.870. The van der Waals surface area contributed by atoms with Crippen LogP contribution in [0.3, 0.4) is 0 Å². The number of nitrogens with zero attached hydrogens (tertiary/aromatic N) is 1. The van der Waals surface area contributed by atoms with Crippen molar-refractivity contribution in [3.63, 3.8) is 0 Å². The maximum Gasteiger partial charge on any atom is 0.180 e. The zero-order chi connectivity index (χ0) is 8.10. The van der Waals surface area contributed by atoms with Gasteiger partial charge in [-0.2, -0.15) is 0 Å². The summed E-state index contributed by atoms with van der Waals surface area (Å²) in [5.41, 5.74) is 0. The second kappa shape index (κ2) is 4.10. The molecule has 0 spiro atoms. The van der Waals surface area contributed by atoms with Crippen LogP contribution in [0, 0.1) is 0 Å². The van der Waals surface area contributed by atoms with Gasteiger partial charge >= 0.3 is 0 Å². The Balaban J connectivity index is 2.23. The van der Waals surface area contributed by atoms with Crippen molar-refractivity contribution in [2.24, 2.45) is 0 Å². The molecule has 1 rings (SSSR count). The van der Waals surface area contributed by atoms with Crippen molar-refractivity contribution in [3.8, 4) is 0 Å². The van der Waals surface area contributed by atoms with E-state index < -0.39 is 0 Å². The van der Waals surface area contributed by atoms with E-state index in [1.54, 1.807) is 6.20 Å². The van der Waals surface area contributed by atoms with Crippen LogP contribution in [0.1, 0.15) is 12.7 Å². The standard InChI is InChI=1S/C7H12N2O2/c1-6(4-10)9-3-7-2-8-5-11-7/h2,5-6,9-10H,3-4H2,1H3/t6-/m1/s1. The van der Waals surface area contributed by atoms with Crippen LogP contribution in [-0.2, 0) is 6.54 Å². The normalized spacial score (nSPS) is 13.3. The van der Waals surface area contributed by atoms with Gasteiger partial charge in [0, 0.05) is 6.04 Å². The molecule has 0 aliphatic carbocycles. The maximum absolute atomic E-state index is 8.65. The van der Waals surface area contributed by atoms with Crippen LogP contribution in [0.15, 0.2) is 17.0 Å². The van der Waals surface area contributed by atoms with E-state index in [-0.39, 0.29) is 12.6 Å². The summed E-state index contributed by atoms with van der Waals surface area (Å²) in [6, 6.07) is 0.0973. The topological polar surface area (TPSA) is 58.3 Å². The zero-order valence-electron chi connectivity index (χ0n) is 6.45. The number of hydrogen-bond donors (Lipinski definition) is 2. The van der Waals surface area contributed by atoms with Crippen LogP contribution < -0.4 is 5.32 Å². The molecule has 0 aliphatic heterocycles. The lowest BCUT2D eigenvalue weighted by molar-refractivity contribution is 0.248. The van der Waals surface area contributed by atoms with E-state index in [4.69, 9.17) is 9.52 Å². The molecule has 0 aromatic carbocycles. The molecule has 0 bridgehead atoms. The van der Waals surface area contributed by atoms with E-state index in [1.165, 1.54) is 6.39 Å². The number of nitrogens with one attached hydrogen (secondary N) is 1. The molecule has 11 heavy (non-hydrogen) atoms. The largest absolute Gasteiger partial charge is 0.447 e. The molecule has 0 saturated carbocycles. The van der Waals surface area contributed by atoms with E-state index in [2.05, 4.69) is 10.3 Å². The highest BCUT2D eigenvalue weighted by Gasteiger charge is 2.00. The molecule has 0 radical (unpaired) electrons. The van der Waals surface area contributed by atoms with Gasteiger partial charge in [0.1, 0.15) is 5.76 Å². The molecule has 0 fully saturated rings. The Kier molecular flexibility index (Phi) is 3.07. The first-order chi connectivity index (χ1) is 5.33. The van der Waals surface area contributed by atoms with Gasteiger partial charge < -0.3 is 14.8 Å². The fourth-order valence-corrected chi connectivity index (χ4v) is 0.669. The van der Waals surface area contributed by atoms with Crippen molar-refractivity contribution in [2.75, 3.05) is 6.61 Å². The Morgan fingerprint density at radius 3 is 3.18 bits per heavy atom. The molecule has 62 valence electrons. The van der Waals surface area contributed by atoms with Crippen LogP contribution >= 0.6 is 0 Å². The molecule has 1 heterocycles. The zero-order valence-corrected chi connectivity index (χ0v) is 6.45. The van der Waals surface area contributed by atoms with Crippen LogP contribution in [-0.4, -0.2) is 22.7 Å². The number of aliphatic hydroxyl groups is 1. The Morgan fingerprint density at radius 2 is 2.64 bits per heavy atom. The summed E-state index contributed by atoms with van der Waals surface area (Å²) in [5.74, 6) is 0.783. The van der Waals surface area contributed by atoms with Crippen molar-refractivity contribution < 1.29 is 9.52 Å². The summed E-state index contributed by atoms with van der Waals surface area (Å²) in [6.45, 7) is 2.65. The van der Waals surface area contributed by atoms with Gasteiger partial charge in [0.05, 0.1) is 19.3 Å². The van der Waals surface area contributed by atoms with Gasteiger partial charge in [-0.25, -0.2) is 4.98 Å². The number of aromatic nitrogens is 1. The number of hydrogen-bond acceptors (Lipinski definition) is 4. The summed E-state index contributed by atoms with van der Waals surface area (Å²) >= 11 is 0. The van der Waals surface area contributed by atoms with Crippen LogP contribution in [0.25, 0.3) is 0 Å². The van der Waals surface area contributed by atoms with Crippen molar-refractivity contribution in [2.45, 2.75) is 19.5 Å². The predicted molar refractivity (Wildman–Crippen MR) is 39.9 cm³/mol. The minimum atomic E-state index is 0.0973. The molecule has 4 nitrogen and oxygen atoms in total. The molecule has 1 aromatic rings. The molecule has 2 N–H and O–H groups in total. The third-order valence-corrected chi connectivity index (χ3v) is 1.38. The van der Waals surface area contributed by atoms with Crippen molar-refractivity contribution >= 4 is 0 Å². The summed E-state index contributed by atoms with van der Waals surface area (Å²) in [5, 5.41) is 11.7. The van der Waals surface area contributed by atoms with Gasteiger partial charge in [0.15, 0.2) is 6.39 Å². The van der Waals surface area contributed by atoms with Gasteiger partial charge in [-0.3, -0.25) is 0 Å². The van der Waals surface area contributed by atoms with Crippen LogP contribution in [0.5, 0.6) is 0 Å². The molecular formula is C7H12N2O2. The summed E-state index contributed by atoms with van der Waals surface area (Å²) in [7, 11) is 0. The number of aliphatic hydroxyl groups excluding tert-OH is 1. The Morgan fingerprint density at radius 1 is 1.82 bits per heavy atom. The average Bonchev–Trinajstić information content (AvgIpc) is 2.52. The smallest absolute Gasteiger partial charge is 0.180 e. The van der Waals surface area contributed by atoms with E-state index in [0.29, 0.717) is 6.54 Å². The van der Waals surface area contributed by atoms with E-state index in [9.17, 15) is 0 Å². The fourth-order valence-electron chi connectivity index (χ4n) is 0.669. The molecule has 0 saturated heterocycles. The minimum Gasteiger partial charge on any atom is -0.447 e. The summed E-state index contributed by atoms with van der Waals surface area (Å²) < 4.78 is 4.97. The highest BCUT2D eigenvalue weighted by molar-refractivity contribution is 4.87. The minimum absolute atomic E-state index is 0.0973. The van der Waals surface area contributed by atoms with Gasteiger partial charge in [0.25, 0.3) is 0 Å². The highest BCUT2D eigenvalue weighted by Crippen LogP contribution is 1.95. The third-order valence-electron chi connectivity index (χ3n) is 1.38. The number of oxazole rings is 1. The SMILES string of the molecule is C[C@H](CO)NCc1cnco1. The molecule has 0 aliphatic rings. The second-order valence-electron chi connectivity index (χ2n) is 2.43. The highest BCUT2D eigenvalue weighted by atomic mass is 16.3. The fraction of sp³-hybridized carbons (Fsp3) is 0.571. The van der Waals surface area contributed by atoms with E-state index >= 15 is 0 Å². The van der Waals surface area contributed by atoms with Crippen LogP contribution in [0.4, 0.5) is 0 Å². The molecule has 0 unspecified atom stereocenters. The lowest BCUT2D eigenvalue weighted by Crippen LogP contribution is -2.28. The lowest BCUT2D eigenvalue weighted by Gasteiger charge is -2.07. The van der Waals surface area contributed by atoms with E-state index in [0.717, 1.165) is 5.76 Å². The Bertz CT molecular complexity index is 186. The third kappa shape index (κ3) is 2.69. The molecule has 0 amide bonds. The molecular weight excluding hydrogens is 144 g/mol. The first-order valence-corrected chi connectivity index (χ1v) is 3.54. The van der Waals surface area contributed by atoms with E-state index in [1.807, 2.05) is 6.92 Å². The average molecular weight is 156 g/mol. The monoisotopic (exact) mass is 156 g/mol. The van der Waals surface area contributed by atoms with Crippen molar-refractivity contribution in [1.29, 1.82) is 0 Å². The number of rotatable bonds is 4. The van der Waals surface area contributed by atoms with Gasteiger partial charge in [-0.1, -0.05) is 0 Å². The molecule has 1 aromatic heterocycles. The van der Waals surface area contributed by atoms with Crippen LogP contribution in [0.2, 0.25) is 0 Å². The summed E-state index contributed by atoms with van der Waals surface area (Å²) in [6.07, 6.45) is 3.04. The van der Waals surface area contributed by atoms with Gasteiger partial charge in [0.2, 0.25) is 0 Å². The van der Waals surface area contributed by atoms with Gasteiger partial charge in [-0.15, -0.1) is 0 Å².